The van der Waals surface area contributed by atoms with Crippen LogP contribution in [0.15, 0.2) is 24.3 Å². The van der Waals surface area contributed by atoms with E-state index in [1.54, 1.807) is 13.8 Å². The molecule has 1 saturated carbocycles. The smallest absolute Gasteiger partial charge is 0.305 e. The van der Waals surface area contributed by atoms with Crippen LogP contribution in [0.1, 0.15) is 84.6 Å². The number of ketones is 1. The van der Waals surface area contributed by atoms with Gasteiger partial charge < -0.3 is 25.3 Å². The first-order chi connectivity index (χ1) is 16.7. The molecule has 0 bridgehead atoms. The van der Waals surface area contributed by atoms with Crippen molar-refractivity contribution in [1.29, 1.82) is 0 Å². The van der Waals surface area contributed by atoms with Crippen molar-refractivity contribution in [2.24, 2.45) is 17.6 Å². The summed E-state index contributed by atoms with van der Waals surface area (Å²) in [5.74, 6) is 2.02. The minimum atomic E-state index is -0.560. The number of hydrogen-bond donors (Lipinski definition) is 2. The summed E-state index contributed by atoms with van der Waals surface area (Å²) >= 11 is 0. The molecule has 1 aromatic carbocycles. The second-order valence-electron chi connectivity index (χ2n) is 9.74. The van der Waals surface area contributed by atoms with E-state index in [-0.39, 0.29) is 20.3 Å². The molecule has 1 amide bonds. The topological polar surface area (TPSA) is 108 Å². The van der Waals surface area contributed by atoms with Crippen LogP contribution < -0.4 is 15.8 Å². The summed E-state index contributed by atoms with van der Waals surface area (Å²) in [6.07, 6.45) is 8.92. The van der Waals surface area contributed by atoms with Gasteiger partial charge in [0.05, 0.1) is 19.3 Å². The Hall–Kier alpha value is -2.35. The lowest BCUT2D eigenvalue weighted by Crippen LogP contribution is -2.43. The maximum Gasteiger partial charge on any atom is 0.305 e. The van der Waals surface area contributed by atoms with Crippen molar-refractivity contribution < 1.29 is 23.9 Å². The molecule has 7 nitrogen and oxygen atoms in total. The third kappa shape index (κ3) is 16.3. The minimum Gasteiger partial charge on any atom is -0.494 e. The molecule has 1 aliphatic carbocycles. The van der Waals surface area contributed by atoms with E-state index in [2.05, 4.69) is 5.32 Å². The van der Waals surface area contributed by atoms with E-state index in [1.807, 2.05) is 38.1 Å². The molecule has 1 atom stereocenters. The molecular weight excluding hydrogens is 455 g/mol. The van der Waals surface area contributed by atoms with Crippen LogP contribution in [-0.2, 0) is 25.5 Å². The maximum atomic E-state index is 11.9. The average Bonchev–Trinajstić information content (AvgIpc) is 3.34. The Morgan fingerprint density at radius 3 is 2.28 bits per heavy atom. The van der Waals surface area contributed by atoms with E-state index in [0.717, 1.165) is 30.1 Å². The van der Waals surface area contributed by atoms with E-state index in [0.29, 0.717) is 50.7 Å². The van der Waals surface area contributed by atoms with Crippen molar-refractivity contribution in [1.82, 2.24) is 5.32 Å². The number of esters is 1. The lowest BCUT2D eigenvalue weighted by Gasteiger charge is -2.14. The van der Waals surface area contributed by atoms with Crippen LogP contribution in [0.2, 0.25) is 0 Å². The molecule has 3 radical (unpaired) electrons. The SMILES string of the molecule is CC(=O)CCC1CCCC1.CCOC(=O)CCCOc1ccc(C[C@H](N)C(=O)NCC(C)C)cc1.[B]. The standard InChI is InChI=1S/C19H30N2O4.C9H16O.B/c1-4-24-18(22)6-5-11-25-16-9-7-15(8-10-16)12-17(20)19(23)21-13-14(2)3;1-8(10)6-7-9-4-2-3-5-9;/h7-10,14,17H,4-6,11-13,20H2,1-3H3,(H,21,23);9H,2-7H2,1H3;/t17-;;/m0../s1. The van der Waals surface area contributed by atoms with Crippen molar-refractivity contribution in [2.75, 3.05) is 19.8 Å². The number of nitrogens with one attached hydrogen (secondary N) is 1. The fourth-order valence-corrected chi connectivity index (χ4v) is 3.85. The number of carbonyl (C=O) groups is 3. The molecule has 1 aromatic rings. The number of Topliss-reactive ketones (excluding diaryl/α,β-unsaturated/α-hetero) is 1. The van der Waals surface area contributed by atoms with Gasteiger partial charge in [-0.25, -0.2) is 0 Å². The van der Waals surface area contributed by atoms with E-state index in [4.69, 9.17) is 15.2 Å². The predicted molar refractivity (Wildman–Crippen MR) is 145 cm³/mol. The van der Waals surface area contributed by atoms with Crippen LogP contribution in [0.25, 0.3) is 0 Å². The number of amides is 1. The van der Waals surface area contributed by atoms with E-state index < -0.39 is 6.04 Å². The Labute approximate surface area is 219 Å². The molecule has 1 fully saturated rings. The highest BCUT2D eigenvalue weighted by atomic mass is 16.5. The number of benzene rings is 1. The molecule has 0 spiro atoms. The third-order valence-corrected chi connectivity index (χ3v) is 5.88. The fourth-order valence-electron chi connectivity index (χ4n) is 3.85. The van der Waals surface area contributed by atoms with Gasteiger partial charge in [0.25, 0.3) is 0 Å². The molecule has 0 heterocycles. The van der Waals surface area contributed by atoms with Gasteiger partial charge in [-0.05, 0) is 62.6 Å². The van der Waals surface area contributed by atoms with Gasteiger partial charge in [0.2, 0.25) is 5.91 Å². The first kappa shape index (κ1) is 33.7. The summed E-state index contributed by atoms with van der Waals surface area (Å²) in [4.78, 5) is 33.7. The highest BCUT2D eigenvalue weighted by Gasteiger charge is 2.15. The number of hydrogen-bond acceptors (Lipinski definition) is 6. The van der Waals surface area contributed by atoms with Gasteiger partial charge in [0, 0.05) is 27.8 Å². The number of nitrogens with two attached hydrogens (primary N) is 1. The highest BCUT2D eigenvalue weighted by molar-refractivity contribution is 5.81. The zero-order valence-electron chi connectivity index (χ0n) is 22.7. The molecule has 8 heteroatoms. The van der Waals surface area contributed by atoms with Gasteiger partial charge in [0.15, 0.2) is 0 Å². The van der Waals surface area contributed by atoms with E-state index >= 15 is 0 Å². The zero-order valence-corrected chi connectivity index (χ0v) is 22.7. The summed E-state index contributed by atoms with van der Waals surface area (Å²) in [5, 5.41) is 2.84. The normalized spacial score (nSPS) is 13.7. The van der Waals surface area contributed by atoms with Crippen LogP contribution in [0.3, 0.4) is 0 Å². The monoisotopic (exact) mass is 501 g/mol. The number of carbonyl (C=O) groups excluding carboxylic acids is 3. The molecule has 1 aliphatic rings. The lowest BCUT2D eigenvalue weighted by molar-refractivity contribution is -0.143. The Kier molecular flexibility index (Phi) is 18.5. The summed E-state index contributed by atoms with van der Waals surface area (Å²) in [5.41, 5.74) is 6.92. The van der Waals surface area contributed by atoms with Crippen LogP contribution in [0.5, 0.6) is 5.75 Å². The van der Waals surface area contributed by atoms with Crippen LogP contribution in [0.4, 0.5) is 0 Å². The molecule has 0 aromatic heterocycles. The molecule has 0 unspecified atom stereocenters. The number of rotatable bonds is 14. The van der Waals surface area contributed by atoms with Crippen LogP contribution >= 0.6 is 0 Å². The quantitative estimate of drug-likeness (QED) is 0.225. The largest absolute Gasteiger partial charge is 0.494 e. The summed E-state index contributed by atoms with van der Waals surface area (Å²) in [6.45, 7) is 9.04. The fraction of sp³-hybridized carbons (Fsp3) is 0.679. The summed E-state index contributed by atoms with van der Waals surface area (Å²) in [6, 6.07) is 6.93. The van der Waals surface area contributed by atoms with Gasteiger partial charge in [-0.3, -0.25) is 9.59 Å². The Morgan fingerprint density at radius 1 is 1.08 bits per heavy atom. The Morgan fingerprint density at radius 2 is 1.72 bits per heavy atom. The summed E-state index contributed by atoms with van der Waals surface area (Å²) in [7, 11) is 0. The van der Waals surface area contributed by atoms with Crippen LogP contribution in [-0.4, -0.2) is 51.9 Å². The van der Waals surface area contributed by atoms with Gasteiger partial charge in [-0.1, -0.05) is 51.7 Å². The zero-order chi connectivity index (χ0) is 26.1. The first-order valence-corrected chi connectivity index (χ1v) is 13.1. The first-order valence-electron chi connectivity index (χ1n) is 13.1. The Bertz CT molecular complexity index is 749. The average molecular weight is 501 g/mol. The molecule has 36 heavy (non-hydrogen) atoms. The van der Waals surface area contributed by atoms with Gasteiger partial charge in [0.1, 0.15) is 11.5 Å². The van der Waals surface area contributed by atoms with Crippen molar-refractivity contribution in [3.8, 4) is 5.75 Å². The molecular formula is C28H46BN2O5. The lowest BCUT2D eigenvalue weighted by atomic mass is 10.0. The van der Waals surface area contributed by atoms with Crippen molar-refractivity contribution in [3.63, 3.8) is 0 Å². The van der Waals surface area contributed by atoms with E-state index in [9.17, 15) is 14.4 Å². The van der Waals surface area contributed by atoms with E-state index in [1.165, 1.54) is 25.7 Å². The second-order valence-corrected chi connectivity index (χ2v) is 9.74. The number of ether oxygens (including phenoxy) is 2. The molecule has 0 saturated heterocycles. The van der Waals surface area contributed by atoms with Crippen LogP contribution in [0, 0.1) is 11.8 Å². The molecule has 201 valence electrons. The third-order valence-electron chi connectivity index (χ3n) is 5.88. The molecule has 3 N–H and O–H groups in total. The Balaban J connectivity index is 0.000000930. The summed E-state index contributed by atoms with van der Waals surface area (Å²) < 4.78 is 10.4. The minimum absolute atomic E-state index is 0. The van der Waals surface area contributed by atoms with Gasteiger partial charge in [-0.2, -0.15) is 0 Å². The second kappa shape index (κ2) is 19.8. The predicted octanol–water partition coefficient (Wildman–Crippen LogP) is 4.22. The van der Waals surface area contributed by atoms with Crippen molar-refractivity contribution in [3.05, 3.63) is 29.8 Å². The maximum absolute atomic E-state index is 11.9. The van der Waals surface area contributed by atoms with Gasteiger partial charge in [-0.15, -0.1) is 0 Å². The molecule has 0 aliphatic heterocycles. The highest BCUT2D eigenvalue weighted by Crippen LogP contribution is 2.28. The van der Waals surface area contributed by atoms with Gasteiger partial charge >= 0.3 is 5.97 Å². The van der Waals surface area contributed by atoms with Crippen molar-refractivity contribution >= 4 is 26.1 Å². The molecule has 2 rings (SSSR count). The van der Waals surface area contributed by atoms with Crippen molar-refractivity contribution in [2.45, 2.75) is 91.5 Å².